The molecular formula is C35H34Cl2N2O2. The number of imidazole rings is 1. The summed E-state index contributed by atoms with van der Waals surface area (Å²) in [5.74, 6) is 2.39. The number of nitrogens with zero attached hydrogens (tertiary/aromatic N) is 2. The van der Waals surface area contributed by atoms with Crippen molar-refractivity contribution in [1.29, 1.82) is 0 Å². The Bertz CT molecular complexity index is 1510. The van der Waals surface area contributed by atoms with Gasteiger partial charge >= 0.3 is 0 Å². The molecule has 0 radical (unpaired) electrons. The second kappa shape index (κ2) is 14.2. The molecule has 0 saturated carbocycles. The van der Waals surface area contributed by atoms with E-state index < -0.39 is 0 Å². The van der Waals surface area contributed by atoms with E-state index in [2.05, 4.69) is 42.0 Å². The van der Waals surface area contributed by atoms with Crippen LogP contribution in [0.2, 0.25) is 10.0 Å². The van der Waals surface area contributed by atoms with Crippen LogP contribution in [0, 0.1) is 0 Å². The van der Waals surface area contributed by atoms with Crippen molar-refractivity contribution in [2.24, 2.45) is 0 Å². The Balaban J connectivity index is 1.31. The van der Waals surface area contributed by atoms with Gasteiger partial charge in [0.05, 0.1) is 12.3 Å². The first-order valence-corrected chi connectivity index (χ1v) is 14.9. The first-order chi connectivity index (χ1) is 20.1. The minimum atomic E-state index is 0.325. The summed E-state index contributed by atoms with van der Waals surface area (Å²) in [5.41, 5.74) is 5.49. The van der Waals surface area contributed by atoms with E-state index in [0.717, 1.165) is 52.1 Å². The second-order valence-corrected chi connectivity index (χ2v) is 10.9. The topological polar surface area (TPSA) is 36.3 Å². The molecule has 0 N–H and O–H groups in total. The van der Waals surface area contributed by atoms with Crippen LogP contribution in [0.4, 0.5) is 0 Å². The van der Waals surface area contributed by atoms with Crippen LogP contribution >= 0.6 is 23.2 Å². The van der Waals surface area contributed by atoms with E-state index in [4.69, 9.17) is 37.7 Å². The molecule has 4 aromatic carbocycles. The fourth-order valence-corrected chi connectivity index (χ4v) is 4.88. The molecule has 6 heteroatoms. The van der Waals surface area contributed by atoms with Gasteiger partial charge in [-0.1, -0.05) is 67.2 Å². The zero-order valence-corrected chi connectivity index (χ0v) is 24.7. The highest BCUT2D eigenvalue weighted by Crippen LogP contribution is 2.26. The second-order valence-electron chi connectivity index (χ2n) is 10.0. The van der Waals surface area contributed by atoms with Gasteiger partial charge in [0.1, 0.15) is 18.1 Å². The Morgan fingerprint density at radius 1 is 0.659 bits per heavy atom. The summed E-state index contributed by atoms with van der Waals surface area (Å²) in [5, 5.41) is 1.42. The average molecular weight is 586 g/mol. The third kappa shape index (κ3) is 8.16. The highest BCUT2D eigenvalue weighted by Gasteiger charge is 2.13. The summed E-state index contributed by atoms with van der Waals surface area (Å²) in [7, 11) is 0. The van der Waals surface area contributed by atoms with E-state index in [1.165, 1.54) is 30.4 Å². The van der Waals surface area contributed by atoms with Crippen molar-refractivity contribution in [2.45, 2.75) is 45.6 Å². The van der Waals surface area contributed by atoms with Gasteiger partial charge in [0.2, 0.25) is 0 Å². The lowest BCUT2D eigenvalue weighted by Gasteiger charge is -2.10. The fourth-order valence-electron chi connectivity index (χ4n) is 4.62. The Kier molecular flexibility index (Phi) is 10.0. The molecule has 0 fully saturated rings. The molecule has 5 aromatic rings. The molecule has 0 aliphatic carbocycles. The fraction of sp³-hybridized carbons (Fsp3) is 0.229. The number of hydrogen-bond acceptors (Lipinski definition) is 3. The predicted molar refractivity (Wildman–Crippen MR) is 169 cm³/mol. The van der Waals surface area contributed by atoms with E-state index in [1.807, 2.05) is 72.8 Å². The lowest BCUT2D eigenvalue weighted by Crippen LogP contribution is -2.05. The van der Waals surface area contributed by atoms with Crippen molar-refractivity contribution < 1.29 is 9.47 Å². The molecule has 0 aliphatic heterocycles. The Morgan fingerprint density at radius 2 is 1.24 bits per heavy atom. The highest BCUT2D eigenvalue weighted by molar-refractivity contribution is 6.30. The van der Waals surface area contributed by atoms with Crippen LogP contribution in [0.3, 0.4) is 0 Å². The molecule has 0 spiro atoms. The van der Waals surface area contributed by atoms with Crippen LogP contribution in [-0.4, -0.2) is 16.2 Å². The van der Waals surface area contributed by atoms with Gasteiger partial charge in [-0.2, -0.15) is 0 Å². The zero-order chi connectivity index (χ0) is 28.4. The van der Waals surface area contributed by atoms with E-state index in [1.54, 1.807) is 0 Å². The van der Waals surface area contributed by atoms with Crippen LogP contribution in [0.1, 0.15) is 43.1 Å². The van der Waals surface area contributed by atoms with Crippen LogP contribution < -0.4 is 9.47 Å². The van der Waals surface area contributed by atoms with E-state index in [-0.39, 0.29) is 0 Å². The molecule has 0 amide bonds. The summed E-state index contributed by atoms with van der Waals surface area (Å²) >= 11 is 12.0. The van der Waals surface area contributed by atoms with Gasteiger partial charge in [0.15, 0.2) is 5.82 Å². The minimum Gasteiger partial charge on any atom is -0.493 e. The average Bonchev–Trinajstić information content (AvgIpc) is 3.43. The first-order valence-electron chi connectivity index (χ1n) is 14.1. The lowest BCUT2D eigenvalue weighted by molar-refractivity contribution is 0.294. The molecule has 0 saturated heterocycles. The van der Waals surface area contributed by atoms with Crippen LogP contribution in [0.5, 0.6) is 11.5 Å². The number of hydrogen-bond donors (Lipinski definition) is 0. The SMILES string of the molecule is CCCCCc1ccc(-n2cc(-c3ccc(OCCc4ccc(Cl)cc4)cc3)nc2COc2ccc(Cl)cc2)cc1. The van der Waals surface area contributed by atoms with Crippen molar-refractivity contribution in [3.05, 3.63) is 130 Å². The molecule has 1 heterocycles. The van der Waals surface area contributed by atoms with Crippen molar-refractivity contribution in [1.82, 2.24) is 9.55 Å². The summed E-state index contributed by atoms with van der Waals surface area (Å²) in [4.78, 5) is 4.97. The Hall–Kier alpha value is -3.73. The molecule has 0 atom stereocenters. The quantitative estimate of drug-likeness (QED) is 0.129. The van der Waals surface area contributed by atoms with Gasteiger partial charge in [-0.3, -0.25) is 0 Å². The highest BCUT2D eigenvalue weighted by atomic mass is 35.5. The monoisotopic (exact) mass is 584 g/mol. The molecule has 41 heavy (non-hydrogen) atoms. The number of unbranched alkanes of at least 4 members (excludes halogenated alkanes) is 2. The van der Waals surface area contributed by atoms with Crippen molar-refractivity contribution in [3.63, 3.8) is 0 Å². The van der Waals surface area contributed by atoms with E-state index in [0.29, 0.717) is 18.2 Å². The van der Waals surface area contributed by atoms with Gasteiger partial charge in [0, 0.05) is 33.9 Å². The summed E-state index contributed by atoms with van der Waals surface area (Å²) in [6.07, 6.45) is 7.69. The summed E-state index contributed by atoms with van der Waals surface area (Å²) in [6, 6.07) is 32.1. The van der Waals surface area contributed by atoms with E-state index in [9.17, 15) is 0 Å². The maximum Gasteiger partial charge on any atom is 0.152 e. The third-order valence-electron chi connectivity index (χ3n) is 6.97. The smallest absolute Gasteiger partial charge is 0.152 e. The molecule has 0 unspecified atom stereocenters. The van der Waals surface area contributed by atoms with Crippen molar-refractivity contribution in [3.8, 4) is 28.4 Å². The number of benzene rings is 4. The normalized spacial score (nSPS) is 11.0. The number of ether oxygens (including phenoxy) is 2. The van der Waals surface area contributed by atoms with Gasteiger partial charge in [-0.15, -0.1) is 0 Å². The van der Waals surface area contributed by atoms with Gasteiger partial charge in [0.25, 0.3) is 0 Å². The summed E-state index contributed by atoms with van der Waals surface area (Å²) < 4.78 is 14.2. The van der Waals surface area contributed by atoms with Gasteiger partial charge in [-0.25, -0.2) is 4.98 Å². The Labute approximate surface area is 252 Å². The Morgan fingerprint density at radius 3 is 1.93 bits per heavy atom. The van der Waals surface area contributed by atoms with Crippen molar-refractivity contribution in [2.75, 3.05) is 6.61 Å². The van der Waals surface area contributed by atoms with Crippen LogP contribution in [0.15, 0.2) is 103 Å². The van der Waals surface area contributed by atoms with Crippen LogP contribution in [0.25, 0.3) is 16.9 Å². The molecule has 0 bridgehead atoms. The number of rotatable bonds is 13. The first kappa shape index (κ1) is 28.8. The minimum absolute atomic E-state index is 0.325. The third-order valence-corrected chi connectivity index (χ3v) is 7.47. The van der Waals surface area contributed by atoms with Crippen molar-refractivity contribution >= 4 is 23.2 Å². The largest absolute Gasteiger partial charge is 0.493 e. The molecule has 0 aliphatic rings. The molecule has 5 rings (SSSR count). The number of halogens is 2. The molecule has 1 aromatic heterocycles. The molecular weight excluding hydrogens is 551 g/mol. The molecule has 210 valence electrons. The maximum absolute atomic E-state index is 6.08. The number of aromatic nitrogens is 2. The van der Waals surface area contributed by atoms with E-state index >= 15 is 0 Å². The van der Waals surface area contributed by atoms with Gasteiger partial charge in [-0.05, 0) is 96.8 Å². The van der Waals surface area contributed by atoms with Crippen LogP contribution in [-0.2, 0) is 19.4 Å². The standard InChI is InChI=1S/C35H34Cl2N2O2/c1-2-3-4-5-26-8-16-31(17-9-26)39-24-34(38-35(39)25-41-33-20-14-30(37)15-21-33)28-10-18-32(19-11-28)40-23-22-27-6-12-29(36)13-7-27/h6-21,24H,2-5,22-23,25H2,1H3. The predicted octanol–water partition coefficient (Wildman–Crippen LogP) is 9.78. The van der Waals surface area contributed by atoms with Gasteiger partial charge < -0.3 is 14.0 Å². The lowest BCUT2D eigenvalue weighted by atomic mass is 10.1. The molecule has 4 nitrogen and oxygen atoms in total. The summed E-state index contributed by atoms with van der Waals surface area (Å²) in [6.45, 7) is 3.15. The zero-order valence-electron chi connectivity index (χ0n) is 23.2. The maximum atomic E-state index is 6.08. The number of aryl methyl sites for hydroxylation is 1.